The van der Waals surface area contributed by atoms with Crippen molar-refractivity contribution in [2.45, 2.75) is 26.2 Å². The minimum Gasteiger partial charge on any atom is -0.406 e. The molecule has 0 radical (unpaired) electrons. The number of nitro groups is 1. The van der Waals surface area contributed by atoms with Crippen LogP contribution in [0.4, 0.5) is 5.88 Å². The Morgan fingerprint density at radius 3 is 2.94 bits per heavy atom. The van der Waals surface area contributed by atoms with E-state index in [9.17, 15) is 10.1 Å². The predicted octanol–water partition coefficient (Wildman–Crippen LogP) is 2.54. The van der Waals surface area contributed by atoms with Gasteiger partial charge in [0.25, 0.3) is 0 Å². The zero-order chi connectivity index (χ0) is 12.4. The second-order valence-electron chi connectivity index (χ2n) is 5.09. The van der Waals surface area contributed by atoms with Crippen LogP contribution in [0.2, 0.25) is 0 Å². The van der Waals surface area contributed by atoms with E-state index in [-0.39, 0.29) is 5.88 Å². The molecule has 1 saturated carbocycles. The summed E-state index contributed by atoms with van der Waals surface area (Å²) in [5.41, 5.74) is 0. The van der Waals surface area contributed by atoms with Gasteiger partial charge < -0.3 is 9.73 Å². The molecule has 17 heavy (non-hydrogen) atoms. The number of nitrogens with one attached hydrogen (secondary N) is 1. The topological polar surface area (TPSA) is 68.3 Å². The first-order valence-electron chi connectivity index (χ1n) is 6.02. The van der Waals surface area contributed by atoms with E-state index < -0.39 is 4.92 Å². The van der Waals surface area contributed by atoms with Gasteiger partial charge in [-0.1, -0.05) is 13.8 Å². The molecule has 0 aliphatic heterocycles. The number of rotatable bonds is 6. The molecule has 0 bridgehead atoms. The average Bonchev–Trinajstić information content (AvgIpc) is 2.85. The number of furan rings is 1. The second kappa shape index (κ2) is 4.87. The Morgan fingerprint density at radius 1 is 1.59 bits per heavy atom. The Morgan fingerprint density at radius 2 is 2.35 bits per heavy atom. The molecule has 0 amide bonds. The summed E-state index contributed by atoms with van der Waals surface area (Å²) in [7, 11) is 0. The smallest absolute Gasteiger partial charge is 0.406 e. The number of hydrogen-bond acceptors (Lipinski definition) is 4. The van der Waals surface area contributed by atoms with Crippen molar-refractivity contribution in [3.8, 4) is 0 Å². The van der Waals surface area contributed by atoms with Gasteiger partial charge in [0.1, 0.15) is 10.7 Å². The van der Waals surface area contributed by atoms with Crippen LogP contribution < -0.4 is 5.32 Å². The van der Waals surface area contributed by atoms with Crippen molar-refractivity contribution in [1.29, 1.82) is 0 Å². The normalized spacial score (nSPS) is 23.0. The maximum Gasteiger partial charge on any atom is 0.433 e. The Kier molecular flexibility index (Phi) is 3.47. The third-order valence-electron chi connectivity index (χ3n) is 3.04. The van der Waals surface area contributed by atoms with Gasteiger partial charge in [0.2, 0.25) is 0 Å². The van der Waals surface area contributed by atoms with E-state index in [4.69, 9.17) is 4.42 Å². The lowest BCUT2D eigenvalue weighted by Crippen LogP contribution is -2.22. The molecular formula is C12H18N2O3. The SMILES string of the molecule is CC(C)CNCC1CC1c1ccc([N+](=O)[O-])o1. The van der Waals surface area contributed by atoms with Gasteiger partial charge in [-0.3, -0.25) is 10.1 Å². The van der Waals surface area contributed by atoms with Gasteiger partial charge in [-0.25, -0.2) is 0 Å². The molecule has 2 rings (SSSR count). The first kappa shape index (κ1) is 12.1. The van der Waals surface area contributed by atoms with Gasteiger partial charge in [0.15, 0.2) is 0 Å². The quantitative estimate of drug-likeness (QED) is 0.610. The lowest BCUT2D eigenvalue weighted by molar-refractivity contribution is -0.402. The van der Waals surface area contributed by atoms with Crippen LogP contribution in [0.15, 0.2) is 16.5 Å². The fourth-order valence-corrected chi connectivity index (χ4v) is 2.02. The maximum absolute atomic E-state index is 10.5. The Labute approximate surface area is 100 Å². The van der Waals surface area contributed by atoms with Crippen LogP contribution in [0.25, 0.3) is 0 Å². The van der Waals surface area contributed by atoms with Gasteiger partial charge in [-0.05, 0) is 37.4 Å². The van der Waals surface area contributed by atoms with Gasteiger partial charge >= 0.3 is 5.88 Å². The summed E-state index contributed by atoms with van der Waals surface area (Å²) in [6, 6.07) is 3.16. The standard InChI is InChI=1S/C12H18N2O3/c1-8(2)6-13-7-9-5-10(9)11-3-4-12(17-11)14(15)16/h3-4,8-10,13H,5-7H2,1-2H3. The molecule has 1 heterocycles. The molecule has 5 nitrogen and oxygen atoms in total. The summed E-state index contributed by atoms with van der Waals surface area (Å²) in [4.78, 5) is 10.00. The van der Waals surface area contributed by atoms with E-state index >= 15 is 0 Å². The van der Waals surface area contributed by atoms with Crippen molar-refractivity contribution in [3.63, 3.8) is 0 Å². The summed E-state index contributed by atoms with van der Waals surface area (Å²) < 4.78 is 5.20. The third kappa shape index (κ3) is 3.06. The second-order valence-corrected chi connectivity index (χ2v) is 5.09. The molecule has 0 spiro atoms. The predicted molar refractivity (Wildman–Crippen MR) is 63.9 cm³/mol. The van der Waals surface area contributed by atoms with Gasteiger partial charge in [0, 0.05) is 5.92 Å². The summed E-state index contributed by atoms with van der Waals surface area (Å²) in [5.74, 6) is 2.19. The van der Waals surface area contributed by atoms with Crippen LogP contribution in [0, 0.1) is 22.0 Å². The fraction of sp³-hybridized carbons (Fsp3) is 0.667. The molecule has 2 unspecified atom stereocenters. The van der Waals surface area contributed by atoms with E-state index in [0.29, 0.717) is 17.8 Å². The highest BCUT2D eigenvalue weighted by atomic mass is 16.6. The highest BCUT2D eigenvalue weighted by molar-refractivity contribution is 5.24. The molecule has 1 fully saturated rings. The van der Waals surface area contributed by atoms with Gasteiger partial charge in [0.05, 0.1) is 6.07 Å². The van der Waals surface area contributed by atoms with Gasteiger partial charge in [-0.2, -0.15) is 0 Å². The molecule has 0 saturated heterocycles. The fourth-order valence-electron chi connectivity index (χ4n) is 2.02. The minimum atomic E-state index is -0.488. The first-order chi connectivity index (χ1) is 8.08. The minimum absolute atomic E-state index is 0.152. The molecule has 1 aliphatic carbocycles. The van der Waals surface area contributed by atoms with Crippen LogP contribution in [0.1, 0.15) is 31.9 Å². The van der Waals surface area contributed by atoms with E-state index in [1.54, 1.807) is 6.07 Å². The molecule has 5 heteroatoms. The summed E-state index contributed by atoms with van der Waals surface area (Å²) >= 11 is 0. The molecule has 1 aliphatic rings. The molecule has 2 atom stereocenters. The Balaban J connectivity index is 1.79. The van der Waals surface area contributed by atoms with E-state index in [1.807, 2.05) is 0 Å². The lowest BCUT2D eigenvalue weighted by atomic mass is 10.2. The molecule has 94 valence electrons. The van der Waals surface area contributed by atoms with Crippen molar-refractivity contribution in [3.05, 3.63) is 28.0 Å². The van der Waals surface area contributed by atoms with Crippen molar-refractivity contribution >= 4 is 5.88 Å². The number of hydrogen-bond donors (Lipinski definition) is 1. The highest BCUT2D eigenvalue weighted by Crippen LogP contribution is 2.48. The van der Waals surface area contributed by atoms with Crippen LogP contribution in [0.3, 0.4) is 0 Å². The van der Waals surface area contributed by atoms with Crippen molar-refractivity contribution < 1.29 is 9.34 Å². The Bertz CT molecular complexity index is 400. The third-order valence-corrected chi connectivity index (χ3v) is 3.04. The summed E-state index contributed by atoms with van der Waals surface area (Å²) in [5, 5.41) is 13.9. The van der Waals surface area contributed by atoms with E-state index in [0.717, 1.165) is 25.3 Å². The van der Waals surface area contributed by atoms with Crippen LogP contribution in [0.5, 0.6) is 0 Å². The largest absolute Gasteiger partial charge is 0.433 e. The van der Waals surface area contributed by atoms with Crippen molar-refractivity contribution in [2.75, 3.05) is 13.1 Å². The first-order valence-corrected chi connectivity index (χ1v) is 6.02. The number of nitrogens with zero attached hydrogens (tertiary/aromatic N) is 1. The van der Waals surface area contributed by atoms with Crippen LogP contribution in [-0.2, 0) is 0 Å². The highest BCUT2D eigenvalue weighted by Gasteiger charge is 2.40. The molecule has 1 aromatic heterocycles. The van der Waals surface area contributed by atoms with Gasteiger partial charge in [-0.15, -0.1) is 0 Å². The molecule has 0 aromatic carbocycles. The van der Waals surface area contributed by atoms with Crippen LogP contribution in [-0.4, -0.2) is 18.0 Å². The monoisotopic (exact) mass is 238 g/mol. The Hall–Kier alpha value is -1.36. The molecular weight excluding hydrogens is 220 g/mol. The van der Waals surface area contributed by atoms with Crippen molar-refractivity contribution in [2.24, 2.45) is 11.8 Å². The zero-order valence-electron chi connectivity index (χ0n) is 10.2. The summed E-state index contributed by atoms with van der Waals surface area (Å²) in [6.07, 6.45) is 1.07. The van der Waals surface area contributed by atoms with E-state index in [2.05, 4.69) is 19.2 Å². The zero-order valence-corrected chi connectivity index (χ0v) is 10.2. The van der Waals surface area contributed by atoms with Crippen LogP contribution >= 0.6 is 0 Å². The lowest BCUT2D eigenvalue weighted by Gasteiger charge is -2.05. The molecule has 1 aromatic rings. The van der Waals surface area contributed by atoms with Crippen molar-refractivity contribution in [1.82, 2.24) is 5.32 Å². The maximum atomic E-state index is 10.5. The average molecular weight is 238 g/mol. The molecule has 1 N–H and O–H groups in total. The van der Waals surface area contributed by atoms with E-state index in [1.165, 1.54) is 6.07 Å². The summed E-state index contributed by atoms with van der Waals surface area (Å²) in [6.45, 7) is 6.33.